The summed E-state index contributed by atoms with van der Waals surface area (Å²) >= 11 is 0. The van der Waals surface area contributed by atoms with E-state index in [0.717, 1.165) is 16.5 Å². The van der Waals surface area contributed by atoms with E-state index in [1.54, 1.807) is 6.20 Å². The molecular formula is C10H6N2O. The zero-order valence-electron chi connectivity index (χ0n) is 6.74. The zero-order chi connectivity index (χ0) is 9.10. The maximum Gasteiger partial charge on any atom is 0.193 e. The number of aldehydes is 1. The number of aromatic nitrogens is 2. The van der Waals surface area contributed by atoms with Gasteiger partial charge >= 0.3 is 0 Å². The minimum absolute atomic E-state index is 0.583. The molecule has 1 N–H and O–H groups in total. The third kappa shape index (κ3) is 1.42. The number of aromatic amines is 1. The van der Waals surface area contributed by atoms with E-state index in [1.165, 1.54) is 0 Å². The second kappa shape index (κ2) is 3.11. The van der Waals surface area contributed by atoms with Gasteiger partial charge in [0, 0.05) is 10.9 Å². The summed E-state index contributed by atoms with van der Waals surface area (Å²) in [6.45, 7) is 0. The molecule has 0 amide bonds. The van der Waals surface area contributed by atoms with Crippen molar-refractivity contribution < 1.29 is 4.79 Å². The molecule has 1 aromatic carbocycles. The molecule has 0 aliphatic carbocycles. The summed E-state index contributed by atoms with van der Waals surface area (Å²) in [5.41, 5.74) is 1.79. The lowest BCUT2D eigenvalue weighted by Gasteiger charge is -1.89. The van der Waals surface area contributed by atoms with Crippen LogP contribution in [0.2, 0.25) is 0 Å². The Morgan fingerprint density at radius 3 is 3.23 bits per heavy atom. The number of carbonyl (C=O) groups excluding carboxylic acids is 1. The van der Waals surface area contributed by atoms with Gasteiger partial charge in [0.25, 0.3) is 0 Å². The van der Waals surface area contributed by atoms with Crippen LogP contribution in [0.15, 0.2) is 24.4 Å². The van der Waals surface area contributed by atoms with Crippen molar-refractivity contribution in [2.45, 2.75) is 0 Å². The fourth-order valence-electron chi connectivity index (χ4n) is 1.13. The third-order valence-electron chi connectivity index (χ3n) is 1.72. The summed E-state index contributed by atoms with van der Waals surface area (Å²) in [6, 6.07) is 5.61. The van der Waals surface area contributed by atoms with Gasteiger partial charge in [-0.3, -0.25) is 9.89 Å². The van der Waals surface area contributed by atoms with Crippen LogP contribution in [0.5, 0.6) is 0 Å². The molecule has 0 radical (unpaired) electrons. The number of rotatable bonds is 0. The Morgan fingerprint density at radius 2 is 2.38 bits per heavy atom. The normalized spacial score (nSPS) is 9.23. The first-order valence-electron chi connectivity index (χ1n) is 3.78. The van der Waals surface area contributed by atoms with E-state index < -0.39 is 0 Å². The highest BCUT2D eigenvalue weighted by molar-refractivity contribution is 5.80. The van der Waals surface area contributed by atoms with Gasteiger partial charge in [-0.1, -0.05) is 5.92 Å². The van der Waals surface area contributed by atoms with Crippen LogP contribution < -0.4 is 0 Å². The second-order valence-corrected chi connectivity index (χ2v) is 2.56. The van der Waals surface area contributed by atoms with Crippen molar-refractivity contribution in [1.29, 1.82) is 0 Å². The Morgan fingerprint density at radius 1 is 1.46 bits per heavy atom. The fourth-order valence-corrected chi connectivity index (χ4v) is 1.13. The predicted octanol–water partition coefficient (Wildman–Crippen LogP) is 1.11. The standard InChI is InChI=1S/C10H6N2O/c13-5-1-2-8-3-4-10-9(6-8)7-11-12-10/h3-7H,(H,11,12). The number of H-pyrrole nitrogens is 1. The van der Waals surface area contributed by atoms with Crippen molar-refractivity contribution in [2.24, 2.45) is 0 Å². The van der Waals surface area contributed by atoms with Gasteiger partial charge in [-0.15, -0.1) is 0 Å². The van der Waals surface area contributed by atoms with Gasteiger partial charge in [0.15, 0.2) is 6.29 Å². The van der Waals surface area contributed by atoms with Crippen LogP contribution >= 0.6 is 0 Å². The minimum Gasteiger partial charge on any atom is -0.289 e. The van der Waals surface area contributed by atoms with Crippen LogP contribution in [0, 0.1) is 11.8 Å². The predicted molar refractivity (Wildman–Crippen MR) is 49.0 cm³/mol. The molecule has 0 atom stereocenters. The molecule has 0 saturated carbocycles. The molecule has 2 rings (SSSR count). The van der Waals surface area contributed by atoms with E-state index in [2.05, 4.69) is 22.0 Å². The van der Waals surface area contributed by atoms with Crippen LogP contribution in [-0.2, 0) is 4.79 Å². The lowest BCUT2D eigenvalue weighted by Crippen LogP contribution is -1.74. The Balaban J connectivity index is 2.54. The summed E-state index contributed by atoms with van der Waals surface area (Å²) in [5.74, 6) is 5.08. The average molecular weight is 170 g/mol. The molecule has 2 aromatic rings. The van der Waals surface area contributed by atoms with Crippen molar-refractivity contribution in [2.75, 3.05) is 0 Å². The highest BCUT2D eigenvalue weighted by Crippen LogP contribution is 2.11. The van der Waals surface area contributed by atoms with Gasteiger partial charge in [0.1, 0.15) is 0 Å². The van der Waals surface area contributed by atoms with Gasteiger partial charge in [-0.25, -0.2) is 0 Å². The first-order chi connectivity index (χ1) is 6.40. The number of hydrogen-bond acceptors (Lipinski definition) is 2. The summed E-state index contributed by atoms with van der Waals surface area (Å²) in [7, 11) is 0. The molecule has 0 bridgehead atoms. The van der Waals surface area contributed by atoms with Crippen LogP contribution in [0.1, 0.15) is 5.56 Å². The topological polar surface area (TPSA) is 45.8 Å². The number of nitrogens with one attached hydrogen (secondary N) is 1. The van der Waals surface area contributed by atoms with Crippen LogP contribution in [0.4, 0.5) is 0 Å². The maximum absolute atomic E-state index is 10.00. The first kappa shape index (κ1) is 7.56. The molecular weight excluding hydrogens is 164 g/mol. The fraction of sp³-hybridized carbons (Fsp3) is 0. The smallest absolute Gasteiger partial charge is 0.193 e. The molecule has 0 unspecified atom stereocenters. The Kier molecular flexibility index (Phi) is 1.81. The number of nitrogens with zero attached hydrogens (tertiary/aromatic N) is 1. The van der Waals surface area contributed by atoms with E-state index in [0.29, 0.717) is 6.29 Å². The van der Waals surface area contributed by atoms with Gasteiger partial charge in [0.2, 0.25) is 0 Å². The van der Waals surface area contributed by atoms with Crippen LogP contribution in [-0.4, -0.2) is 16.5 Å². The summed E-state index contributed by atoms with van der Waals surface area (Å²) < 4.78 is 0. The Hall–Kier alpha value is -2.08. The number of hydrogen-bond donors (Lipinski definition) is 1. The number of benzene rings is 1. The molecule has 3 nitrogen and oxygen atoms in total. The lowest BCUT2D eigenvalue weighted by molar-refractivity contribution is -0.103. The Bertz CT molecular complexity index is 502. The molecule has 13 heavy (non-hydrogen) atoms. The van der Waals surface area contributed by atoms with Gasteiger partial charge < -0.3 is 0 Å². The van der Waals surface area contributed by atoms with Crippen molar-refractivity contribution in [3.8, 4) is 11.8 Å². The van der Waals surface area contributed by atoms with E-state index in [4.69, 9.17) is 0 Å². The number of fused-ring (bicyclic) bond motifs is 1. The van der Waals surface area contributed by atoms with E-state index >= 15 is 0 Å². The maximum atomic E-state index is 10.00. The summed E-state index contributed by atoms with van der Waals surface area (Å²) in [5, 5.41) is 7.71. The molecule has 62 valence electrons. The van der Waals surface area contributed by atoms with E-state index in [9.17, 15) is 4.79 Å². The van der Waals surface area contributed by atoms with E-state index in [-0.39, 0.29) is 0 Å². The van der Waals surface area contributed by atoms with Crippen molar-refractivity contribution in [1.82, 2.24) is 10.2 Å². The molecule has 1 aromatic heterocycles. The van der Waals surface area contributed by atoms with Gasteiger partial charge in [0.05, 0.1) is 11.7 Å². The zero-order valence-corrected chi connectivity index (χ0v) is 6.74. The highest BCUT2D eigenvalue weighted by atomic mass is 16.1. The first-order valence-corrected chi connectivity index (χ1v) is 3.78. The molecule has 0 aliphatic rings. The van der Waals surface area contributed by atoms with Crippen molar-refractivity contribution in [3.63, 3.8) is 0 Å². The minimum atomic E-state index is 0.583. The number of carbonyl (C=O) groups is 1. The van der Waals surface area contributed by atoms with Crippen molar-refractivity contribution in [3.05, 3.63) is 30.0 Å². The summed E-state index contributed by atoms with van der Waals surface area (Å²) in [6.07, 6.45) is 2.31. The molecule has 1 heterocycles. The van der Waals surface area contributed by atoms with Gasteiger partial charge in [-0.2, -0.15) is 5.10 Å². The third-order valence-corrected chi connectivity index (χ3v) is 1.72. The largest absolute Gasteiger partial charge is 0.289 e. The lowest BCUT2D eigenvalue weighted by atomic mass is 10.2. The molecule has 0 aliphatic heterocycles. The van der Waals surface area contributed by atoms with Gasteiger partial charge in [-0.05, 0) is 24.1 Å². The second-order valence-electron chi connectivity index (χ2n) is 2.56. The van der Waals surface area contributed by atoms with Crippen LogP contribution in [0.25, 0.3) is 10.9 Å². The van der Waals surface area contributed by atoms with Crippen LogP contribution in [0.3, 0.4) is 0 Å². The summed E-state index contributed by atoms with van der Waals surface area (Å²) in [4.78, 5) is 10.00. The quantitative estimate of drug-likeness (QED) is 0.475. The highest BCUT2D eigenvalue weighted by Gasteiger charge is 1.94. The molecule has 0 saturated heterocycles. The Labute approximate surface area is 74.8 Å². The molecule has 3 heteroatoms. The van der Waals surface area contributed by atoms with E-state index in [1.807, 2.05) is 18.2 Å². The molecule has 0 fully saturated rings. The SMILES string of the molecule is O=CC#Cc1ccc2[nH]ncc2c1. The monoisotopic (exact) mass is 170 g/mol. The molecule has 0 spiro atoms. The van der Waals surface area contributed by atoms with Crippen molar-refractivity contribution >= 4 is 17.2 Å². The average Bonchev–Trinajstić information content (AvgIpc) is 2.61.